The summed E-state index contributed by atoms with van der Waals surface area (Å²) >= 11 is 1.59. The topological polar surface area (TPSA) is 44.6 Å². The van der Waals surface area contributed by atoms with Gasteiger partial charge >= 0.3 is 0 Å². The smallest absolute Gasteiger partial charge is 0.156 e. The Morgan fingerprint density at radius 2 is 2.60 bits per heavy atom. The summed E-state index contributed by atoms with van der Waals surface area (Å²) in [6.07, 6.45) is 1.13. The number of rotatable bonds is 2. The van der Waals surface area contributed by atoms with Crippen molar-refractivity contribution in [2.24, 2.45) is 4.99 Å². The van der Waals surface area contributed by atoms with E-state index in [2.05, 4.69) is 10.3 Å². The lowest BCUT2D eigenvalue weighted by Crippen LogP contribution is -2.27. The molecular formula is C6H12N2OS. The third kappa shape index (κ3) is 2.58. The van der Waals surface area contributed by atoms with E-state index in [-0.39, 0.29) is 6.61 Å². The van der Waals surface area contributed by atoms with Gasteiger partial charge in [0.2, 0.25) is 0 Å². The molecule has 0 bridgehead atoms. The van der Waals surface area contributed by atoms with Crippen LogP contribution in [0.25, 0.3) is 0 Å². The molecule has 0 radical (unpaired) electrons. The standard InChI is InChI=1S/C6H12N2OS/c9-4-5-10-6-7-2-1-3-8-6/h9H,1-5H2,(H,7,8). The van der Waals surface area contributed by atoms with Crippen molar-refractivity contribution in [2.45, 2.75) is 6.42 Å². The van der Waals surface area contributed by atoms with Crippen molar-refractivity contribution in [2.75, 3.05) is 25.4 Å². The van der Waals surface area contributed by atoms with Crippen LogP contribution in [-0.4, -0.2) is 35.7 Å². The van der Waals surface area contributed by atoms with E-state index in [0.29, 0.717) is 0 Å². The van der Waals surface area contributed by atoms with E-state index in [9.17, 15) is 0 Å². The highest BCUT2D eigenvalue weighted by molar-refractivity contribution is 8.13. The fourth-order valence-corrected chi connectivity index (χ4v) is 1.42. The predicted molar refractivity (Wildman–Crippen MR) is 44.5 cm³/mol. The molecule has 1 aliphatic heterocycles. The molecule has 0 aromatic carbocycles. The number of hydrogen-bond acceptors (Lipinski definition) is 4. The zero-order chi connectivity index (χ0) is 7.23. The number of nitrogens with one attached hydrogen (secondary N) is 1. The van der Waals surface area contributed by atoms with Crippen molar-refractivity contribution in [3.8, 4) is 0 Å². The first-order valence-electron chi connectivity index (χ1n) is 3.45. The van der Waals surface area contributed by atoms with Crippen LogP contribution in [0.5, 0.6) is 0 Å². The summed E-state index contributed by atoms with van der Waals surface area (Å²) in [4.78, 5) is 4.22. The average Bonchev–Trinajstić information content (AvgIpc) is 2.03. The third-order valence-electron chi connectivity index (χ3n) is 1.20. The Balaban J connectivity index is 2.18. The third-order valence-corrected chi connectivity index (χ3v) is 2.13. The van der Waals surface area contributed by atoms with E-state index in [4.69, 9.17) is 5.11 Å². The van der Waals surface area contributed by atoms with Gasteiger partial charge in [-0.2, -0.15) is 0 Å². The Labute approximate surface area is 64.9 Å². The van der Waals surface area contributed by atoms with Crippen molar-refractivity contribution in [3.63, 3.8) is 0 Å². The number of nitrogens with zero attached hydrogens (tertiary/aromatic N) is 1. The molecule has 0 unspecified atom stereocenters. The van der Waals surface area contributed by atoms with Crippen LogP contribution in [0.2, 0.25) is 0 Å². The second kappa shape index (κ2) is 4.57. The Bertz CT molecular complexity index is 127. The molecule has 0 fully saturated rings. The van der Waals surface area contributed by atoms with Gasteiger partial charge in [-0.3, -0.25) is 4.99 Å². The number of aliphatic imine (C=N–C) groups is 1. The fourth-order valence-electron chi connectivity index (χ4n) is 0.750. The van der Waals surface area contributed by atoms with Crippen LogP contribution in [0.3, 0.4) is 0 Å². The second-order valence-corrected chi connectivity index (χ2v) is 3.12. The highest BCUT2D eigenvalue weighted by Gasteiger charge is 2.02. The average molecular weight is 160 g/mol. The first-order chi connectivity index (χ1) is 4.93. The van der Waals surface area contributed by atoms with E-state index in [1.807, 2.05) is 0 Å². The molecule has 0 aliphatic carbocycles. The van der Waals surface area contributed by atoms with Gasteiger partial charge in [0.05, 0.1) is 6.61 Å². The SMILES string of the molecule is OCCSC1=NCCCN1. The highest BCUT2D eigenvalue weighted by atomic mass is 32.2. The van der Waals surface area contributed by atoms with Crippen LogP contribution in [0.15, 0.2) is 4.99 Å². The van der Waals surface area contributed by atoms with Crippen molar-refractivity contribution < 1.29 is 5.11 Å². The van der Waals surface area contributed by atoms with Crippen LogP contribution < -0.4 is 5.32 Å². The quantitative estimate of drug-likeness (QED) is 0.600. The normalized spacial score (nSPS) is 17.9. The molecule has 1 aliphatic rings. The van der Waals surface area contributed by atoms with E-state index in [1.165, 1.54) is 0 Å². The van der Waals surface area contributed by atoms with E-state index in [1.54, 1.807) is 11.8 Å². The first kappa shape index (κ1) is 7.88. The minimum Gasteiger partial charge on any atom is -0.396 e. The molecule has 0 spiro atoms. The molecule has 0 aromatic rings. The van der Waals surface area contributed by atoms with Crippen LogP contribution in [0, 0.1) is 0 Å². The number of amidine groups is 1. The van der Waals surface area contributed by atoms with Gasteiger partial charge in [0.15, 0.2) is 5.17 Å². The van der Waals surface area contributed by atoms with Gasteiger partial charge in [-0.05, 0) is 6.42 Å². The van der Waals surface area contributed by atoms with E-state index >= 15 is 0 Å². The maximum Gasteiger partial charge on any atom is 0.156 e. The summed E-state index contributed by atoms with van der Waals surface area (Å²) in [7, 11) is 0. The number of hydrogen-bond donors (Lipinski definition) is 2. The molecular weight excluding hydrogens is 148 g/mol. The highest BCUT2D eigenvalue weighted by Crippen LogP contribution is 2.03. The lowest BCUT2D eigenvalue weighted by atomic mass is 10.4. The van der Waals surface area contributed by atoms with E-state index < -0.39 is 0 Å². The molecule has 0 amide bonds. The zero-order valence-electron chi connectivity index (χ0n) is 5.84. The van der Waals surface area contributed by atoms with Gasteiger partial charge in [-0.25, -0.2) is 0 Å². The number of aliphatic hydroxyl groups is 1. The Morgan fingerprint density at radius 1 is 1.70 bits per heavy atom. The fraction of sp³-hybridized carbons (Fsp3) is 0.833. The van der Waals surface area contributed by atoms with Gasteiger partial charge in [-0.1, -0.05) is 11.8 Å². The molecule has 10 heavy (non-hydrogen) atoms. The zero-order valence-corrected chi connectivity index (χ0v) is 6.65. The monoisotopic (exact) mass is 160 g/mol. The molecule has 1 rings (SSSR count). The second-order valence-electron chi connectivity index (χ2n) is 2.04. The molecule has 0 saturated carbocycles. The maximum atomic E-state index is 8.49. The van der Waals surface area contributed by atoms with Crippen LogP contribution in [0.4, 0.5) is 0 Å². The Kier molecular flexibility index (Phi) is 3.60. The van der Waals surface area contributed by atoms with Crippen LogP contribution in [-0.2, 0) is 0 Å². The number of aliphatic hydroxyl groups excluding tert-OH is 1. The minimum atomic E-state index is 0.228. The number of thioether (sulfide) groups is 1. The summed E-state index contributed by atoms with van der Waals surface area (Å²) < 4.78 is 0. The minimum absolute atomic E-state index is 0.228. The molecule has 0 aromatic heterocycles. The van der Waals surface area contributed by atoms with E-state index in [0.717, 1.165) is 30.4 Å². The van der Waals surface area contributed by atoms with Gasteiger partial charge in [0.1, 0.15) is 0 Å². The molecule has 4 heteroatoms. The van der Waals surface area contributed by atoms with Crippen molar-refractivity contribution >= 4 is 16.9 Å². The summed E-state index contributed by atoms with van der Waals surface area (Å²) in [6.45, 7) is 2.18. The molecule has 0 atom stereocenters. The van der Waals surface area contributed by atoms with Crippen molar-refractivity contribution in [1.82, 2.24) is 5.32 Å². The van der Waals surface area contributed by atoms with Crippen molar-refractivity contribution in [3.05, 3.63) is 0 Å². The van der Waals surface area contributed by atoms with Crippen molar-refractivity contribution in [1.29, 1.82) is 0 Å². The summed E-state index contributed by atoms with van der Waals surface area (Å²) in [5.74, 6) is 0.742. The maximum absolute atomic E-state index is 8.49. The molecule has 1 heterocycles. The first-order valence-corrected chi connectivity index (χ1v) is 4.44. The lowest BCUT2D eigenvalue weighted by Gasteiger charge is -2.12. The van der Waals surface area contributed by atoms with Gasteiger partial charge in [-0.15, -0.1) is 0 Å². The molecule has 0 saturated heterocycles. The van der Waals surface area contributed by atoms with Gasteiger partial charge in [0.25, 0.3) is 0 Å². The van der Waals surface area contributed by atoms with Crippen LogP contribution >= 0.6 is 11.8 Å². The van der Waals surface area contributed by atoms with Gasteiger partial charge < -0.3 is 10.4 Å². The van der Waals surface area contributed by atoms with Crippen LogP contribution in [0.1, 0.15) is 6.42 Å². The summed E-state index contributed by atoms with van der Waals surface area (Å²) in [6, 6.07) is 0. The summed E-state index contributed by atoms with van der Waals surface area (Å²) in [5.41, 5.74) is 0. The van der Waals surface area contributed by atoms with Gasteiger partial charge in [0, 0.05) is 18.8 Å². The lowest BCUT2D eigenvalue weighted by molar-refractivity contribution is 0.323. The molecule has 58 valence electrons. The Morgan fingerprint density at radius 3 is 3.20 bits per heavy atom. The predicted octanol–water partition coefficient (Wildman–Crippen LogP) is 0.0612. The molecule has 2 N–H and O–H groups in total. The largest absolute Gasteiger partial charge is 0.396 e. The summed E-state index contributed by atoms with van der Waals surface area (Å²) in [5, 5.41) is 12.6. The Hall–Kier alpha value is -0.220. The molecule has 3 nitrogen and oxygen atoms in total.